The number of benzene rings is 2. The topological polar surface area (TPSA) is 38.8 Å². The zero-order chi connectivity index (χ0) is 15.5. The number of amides is 1. The van der Waals surface area contributed by atoms with Gasteiger partial charge in [-0.1, -0.05) is 23.7 Å². The van der Waals surface area contributed by atoms with E-state index in [9.17, 15) is 4.79 Å². The SMILES string of the molecule is CCOc1cccc([C@H]2COC(=O)N2c2ccc(Cl)cc2)c1. The van der Waals surface area contributed by atoms with Crippen LogP contribution in [0.4, 0.5) is 10.5 Å². The normalized spacial score (nSPS) is 17.5. The number of hydrogen-bond acceptors (Lipinski definition) is 3. The van der Waals surface area contributed by atoms with Gasteiger partial charge < -0.3 is 9.47 Å². The molecule has 1 atom stereocenters. The van der Waals surface area contributed by atoms with Crippen LogP contribution in [0.3, 0.4) is 0 Å². The summed E-state index contributed by atoms with van der Waals surface area (Å²) in [5.41, 5.74) is 1.74. The maximum absolute atomic E-state index is 12.1. The lowest BCUT2D eigenvalue weighted by Gasteiger charge is -2.22. The molecule has 22 heavy (non-hydrogen) atoms. The Balaban J connectivity index is 1.93. The first kappa shape index (κ1) is 14.7. The summed E-state index contributed by atoms with van der Waals surface area (Å²) in [5, 5.41) is 0.631. The number of rotatable bonds is 4. The minimum atomic E-state index is -0.353. The Bertz CT molecular complexity index is 672. The molecule has 0 saturated carbocycles. The van der Waals surface area contributed by atoms with Gasteiger partial charge in [0.1, 0.15) is 12.4 Å². The third-order valence-corrected chi connectivity index (χ3v) is 3.78. The van der Waals surface area contributed by atoms with E-state index in [0.717, 1.165) is 17.0 Å². The van der Waals surface area contributed by atoms with Gasteiger partial charge in [-0.3, -0.25) is 4.90 Å². The summed E-state index contributed by atoms with van der Waals surface area (Å²) in [6, 6.07) is 14.7. The van der Waals surface area contributed by atoms with E-state index in [-0.39, 0.29) is 12.1 Å². The van der Waals surface area contributed by atoms with E-state index in [1.807, 2.05) is 43.3 Å². The van der Waals surface area contributed by atoms with Crippen molar-refractivity contribution in [3.05, 3.63) is 59.1 Å². The minimum absolute atomic E-state index is 0.172. The molecular weight excluding hydrogens is 302 g/mol. The monoisotopic (exact) mass is 317 g/mol. The minimum Gasteiger partial charge on any atom is -0.494 e. The zero-order valence-corrected chi connectivity index (χ0v) is 12.9. The van der Waals surface area contributed by atoms with Gasteiger partial charge in [-0.05, 0) is 48.9 Å². The second kappa shape index (κ2) is 6.28. The lowest BCUT2D eigenvalue weighted by Crippen LogP contribution is -2.27. The summed E-state index contributed by atoms with van der Waals surface area (Å²) < 4.78 is 10.8. The van der Waals surface area contributed by atoms with E-state index in [0.29, 0.717) is 18.2 Å². The molecule has 4 nitrogen and oxygen atoms in total. The van der Waals surface area contributed by atoms with Crippen molar-refractivity contribution in [1.82, 2.24) is 0 Å². The van der Waals surface area contributed by atoms with Gasteiger partial charge in [-0.2, -0.15) is 0 Å². The zero-order valence-electron chi connectivity index (χ0n) is 12.2. The highest BCUT2D eigenvalue weighted by Gasteiger charge is 2.35. The predicted octanol–water partition coefficient (Wildman–Crippen LogP) is 4.44. The van der Waals surface area contributed by atoms with Crippen molar-refractivity contribution in [3.8, 4) is 5.75 Å². The predicted molar refractivity (Wildman–Crippen MR) is 85.6 cm³/mol. The van der Waals surface area contributed by atoms with Crippen molar-refractivity contribution in [2.45, 2.75) is 13.0 Å². The van der Waals surface area contributed by atoms with Gasteiger partial charge in [0.05, 0.1) is 12.6 Å². The molecule has 0 aliphatic carbocycles. The van der Waals surface area contributed by atoms with Crippen molar-refractivity contribution in [2.75, 3.05) is 18.1 Å². The highest BCUT2D eigenvalue weighted by molar-refractivity contribution is 6.30. The molecule has 2 aromatic carbocycles. The van der Waals surface area contributed by atoms with Crippen LogP contribution in [0, 0.1) is 0 Å². The fourth-order valence-electron chi connectivity index (χ4n) is 2.53. The molecule has 1 aliphatic rings. The third kappa shape index (κ3) is 2.88. The first-order chi connectivity index (χ1) is 10.7. The maximum atomic E-state index is 12.1. The Morgan fingerprint density at radius 3 is 2.77 bits per heavy atom. The van der Waals surface area contributed by atoms with E-state index in [1.165, 1.54) is 0 Å². The molecule has 0 N–H and O–H groups in total. The van der Waals surface area contributed by atoms with Gasteiger partial charge in [0.15, 0.2) is 0 Å². The fourth-order valence-corrected chi connectivity index (χ4v) is 2.66. The number of carbonyl (C=O) groups excluding carboxylic acids is 1. The van der Waals surface area contributed by atoms with E-state index < -0.39 is 0 Å². The Morgan fingerprint density at radius 1 is 1.27 bits per heavy atom. The number of nitrogens with zero attached hydrogens (tertiary/aromatic N) is 1. The van der Waals surface area contributed by atoms with Gasteiger partial charge in [-0.25, -0.2) is 4.79 Å². The van der Waals surface area contributed by atoms with Crippen LogP contribution in [0.25, 0.3) is 0 Å². The Labute approximate surface area is 134 Å². The molecule has 1 aliphatic heterocycles. The molecule has 1 saturated heterocycles. The van der Waals surface area contributed by atoms with Crippen molar-refractivity contribution >= 4 is 23.4 Å². The standard InChI is InChI=1S/C17H16ClNO3/c1-2-21-15-5-3-4-12(10-15)16-11-22-17(20)19(16)14-8-6-13(18)7-9-14/h3-10,16H,2,11H2,1H3/t16-/m1/s1. The van der Waals surface area contributed by atoms with E-state index in [2.05, 4.69) is 0 Å². The Morgan fingerprint density at radius 2 is 2.05 bits per heavy atom. The van der Waals surface area contributed by atoms with Crippen LogP contribution in [0.2, 0.25) is 5.02 Å². The fraction of sp³-hybridized carbons (Fsp3) is 0.235. The van der Waals surface area contributed by atoms with Crippen LogP contribution in [0.15, 0.2) is 48.5 Å². The number of ether oxygens (including phenoxy) is 2. The van der Waals surface area contributed by atoms with E-state index in [1.54, 1.807) is 17.0 Å². The van der Waals surface area contributed by atoms with Crippen molar-refractivity contribution in [1.29, 1.82) is 0 Å². The van der Waals surface area contributed by atoms with Crippen LogP contribution in [-0.4, -0.2) is 19.3 Å². The van der Waals surface area contributed by atoms with Crippen molar-refractivity contribution < 1.29 is 14.3 Å². The van der Waals surface area contributed by atoms with Crippen LogP contribution in [0.5, 0.6) is 5.75 Å². The number of anilines is 1. The van der Waals surface area contributed by atoms with Gasteiger partial charge >= 0.3 is 6.09 Å². The summed E-state index contributed by atoms with van der Waals surface area (Å²) in [6.45, 7) is 2.86. The summed E-state index contributed by atoms with van der Waals surface area (Å²) in [5.74, 6) is 0.787. The van der Waals surface area contributed by atoms with Gasteiger partial charge in [0.2, 0.25) is 0 Å². The number of carbonyl (C=O) groups is 1. The Kier molecular flexibility index (Phi) is 4.20. The third-order valence-electron chi connectivity index (χ3n) is 3.53. The van der Waals surface area contributed by atoms with Crippen LogP contribution >= 0.6 is 11.6 Å². The number of cyclic esters (lactones) is 1. The van der Waals surface area contributed by atoms with Crippen LogP contribution < -0.4 is 9.64 Å². The van der Waals surface area contributed by atoms with Crippen LogP contribution in [0.1, 0.15) is 18.5 Å². The molecular formula is C17H16ClNO3. The first-order valence-electron chi connectivity index (χ1n) is 7.13. The smallest absolute Gasteiger partial charge is 0.415 e. The largest absolute Gasteiger partial charge is 0.494 e. The molecule has 1 amide bonds. The van der Waals surface area contributed by atoms with Gasteiger partial charge in [0.25, 0.3) is 0 Å². The Hall–Kier alpha value is -2.20. The van der Waals surface area contributed by atoms with Crippen molar-refractivity contribution in [2.24, 2.45) is 0 Å². The summed E-state index contributed by atoms with van der Waals surface area (Å²) in [7, 11) is 0. The second-order valence-electron chi connectivity index (χ2n) is 4.94. The molecule has 1 fully saturated rings. The quantitative estimate of drug-likeness (QED) is 0.837. The molecule has 0 bridgehead atoms. The molecule has 0 unspecified atom stereocenters. The average molecular weight is 318 g/mol. The van der Waals surface area contributed by atoms with E-state index >= 15 is 0 Å². The summed E-state index contributed by atoms with van der Waals surface area (Å²) in [6.07, 6.45) is -0.353. The number of halogens is 1. The lowest BCUT2D eigenvalue weighted by molar-refractivity contribution is 0.179. The summed E-state index contributed by atoms with van der Waals surface area (Å²) in [4.78, 5) is 13.7. The van der Waals surface area contributed by atoms with E-state index in [4.69, 9.17) is 21.1 Å². The summed E-state index contributed by atoms with van der Waals surface area (Å²) >= 11 is 5.91. The van der Waals surface area contributed by atoms with Crippen LogP contribution in [-0.2, 0) is 4.74 Å². The molecule has 5 heteroatoms. The number of hydrogen-bond donors (Lipinski definition) is 0. The molecule has 1 heterocycles. The highest BCUT2D eigenvalue weighted by Crippen LogP contribution is 2.34. The average Bonchev–Trinajstić information content (AvgIpc) is 2.91. The molecule has 0 radical (unpaired) electrons. The molecule has 3 rings (SSSR count). The molecule has 0 spiro atoms. The van der Waals surface area contributed by atoms with Gasteiger partial charge in [-0.15, -0.1) is 0 Å². The maximum Gasteiger partial charge on any atom is 0.415 e. The van der Waals surface area contributed by atoms with Crippen molar-refractivity contribution in [3.63, 3.8) is 0 Å². The molecule has 0 aromatic heterocycles. The molecule has 114 valence electrons. The lowest BCUT2D eigenvalue weighted by atomic mass is 10.1. The molecule has 2 aromatic rings. The van der Waals surface area contributed by atoms with Gasteiger partial charge in [0, 0.05) is 10.7 Å². The second-order valence-corrected chi connectivity index (χ2v) is 5.38. The first-order valence-corrected chi connectivity index (χ1v) is 7.51. The highest BCUT2D eigenvalue weighted by atomic mass is 35.5.